The standard InChI is InChI=1S/C12H21Cl2NO/c1-4-12(2,16-3)6-5-9-15(10-7-13)11-8-14/h4,7-11H2,1-3H3. The third kappa shape index (κ3) is 6.60. The lowest BCUT2D eigenvalue weighted by molar-refractivity contribution is 0.0541. The Hall–Kier alpha value is 0.0600. The topological polar surface area (TPSA) is 12.5 Å². The first-order chi connectivity index (χ1) is 7.61. The van der Waals surface area contributed by atoms with E-state index in [4.69, 9.17) is 27.9 Å². The molecule has 1 unspecified atom stereocenters. The van der Waals surface area contributed by atoms with E-state index in [1.165, 1.54) is 0 Å². The van der Waals surface area contributed by atoms with Crippen LogP contribution in [0.2, 0.25) is 0 Å². The number of rotatable bonds is 7. The van der Waals surface area contributed by atoms with Gasteiger partial charge in [-0.25, -0.2) is 0 Å². The number of methoxy groups -OCH3 is 1. The lowest BCUT2D eigenvalue weighted by atomic mass is 10.0. The van der Waals surface area contributed by atoms with Crippen LogP contribution in [0.5, 0.6) is 0 Å². The molecule has 2 nitrogen and oxygen atoms in total. The van der Waals surface area contributed by atoms with E-state index in [0.29, 0.717) is 18.3 Å². The molecule has 0 aromatic rings. The normalized spacial score (nSPS) is 14.4. The van der Waals surface area contributed by atoms with Crippen LogP contribution in [0.4, 0.5) is 0 Å². The van der Waals surface area contributed by atoms with Crippen LogP contribution in [0, 0.1) is 11.8 Å². The number of nitrogens with zero attached hydrogens (tertiary/aromatic N) is 1. The molecule has 0 aromatic heterocycles. The van der Waals surface area contributed by atoms with Crippen molar-refractivity contribution in [1.82, 2.24) is 4.90 Å². The highest BCUT2D eigenvalue weighted by atomic mass is 35.5. The van der Waals surface area contributed by atoms with Gasteiger partial charge in [0.25, 0.3) is 0 Å². The molecule has 0 heterocycles. The Bertz CT molecular complexity index is 225. The molecule has 0 aliphatic rings. The summed E-state index contributed by atoms with van der Waals surface area (Å²) in [6, 6.07) is 0. The predicted molar refractivity (Wildman–Crippen MR) is 71.4 cm³/mol. The maximum atomic E-state index is 5.70. The fourth-order valence-corrected chi connectivity index (χ4v) is 1.61. The molecule has 0 N–H and O–H groups in total. The van der Waals surface area contributed by atoms with Crippen LogP contribution in [-0.2, 0) is 4.74 Å². The number of ether oxygens (including phenoxy) is 1. The smallest absolute Gasteiger partial charge is 0.125 e. The van der Waals surface area contributed by atoms with Crippen molar-refractivity contribution in [3.63, 3.8) is 0 Å². The number of hydrogen-bond acceptors (Lipinski definition) is 2. The average Bonchev–Trinajstić information content (AvgIpc) is 2.29. The molecule has 1 atom stereocenters. The molecule has 0 aliphatic carbocycles. The minimum atomic E-state index is -0.340. The Morgan fingerprint density at radius 3 is 2.19 bits per heavy atom. The van der Waals surface area contributed by atoms with Gasteiger partial charge in [0.2, 0.25) is 0 Å². The van der Waals surface area contributed by atoms with E-state index in [1.807, 2.05) is 6.92 Å². The van der Waals surface area contributed by atoms with Gasteiger partial charge < -0.3 is 4.74 Å². The van der Waals surface area contributed by atoms with Gasteiger partial charge in [-0.1, -0.05) is 18.8 Å². The van der Waals surface area contributed by atoms with Gasteiger partial charge in [0.15, 0.2) is 0 Å². The van der Waals surface area contributed by atoms with E-state index in [0.717, 1.165) is 19.5 Å². The molecule has 0 radical (unpaired) electrons. The van der Waals surface area contributed by atoms with Crippen molar-refractivity contribution in [2.75, 3.05) is 38.5 Å². The molecular formula is C12H21Cl2NO. The predicted octanol–water partition coefficient (Wildman–Crippen LogP) is 2.58. The van der Waals surface area contributed by atoms with E-state index >= 15 is 0 Å². The third-order valence-corrected chi connectivity index (χ3v) is 2.92. The fourth-order valence-electron chi connectivity index (χ4n) is 1.13. The minimum absolute atomic E-state index is 0.340. The monoisotopic (exact) mass is 265 g/mol. The van der Waals surface area contributed by atoms with Gasteiger partial charge in [0, 0.05) is 32.0 Å². The molecule has 0 saturated carbocycles. The molecule has 0 aliphatic heterocycles. The molecule has 16 heavy (non-hydrogen) atoms. The Kier molecular flexibility index (Phi) is 9.16. The van der Waals surface area contributed by atoms with Crippen LogP contribution in [0.25, 0.3) is 0 Å². The zero-order chi connectivity index (χ0) is 12.4. The summed E-state index contributed by atoms with van der Waals surface area (Å²) in [5.74, 6) is 7.48. The second kappa shape index (κ2) is 9.13. The first-order valence-electron chi connectivity index (χ1n) is 5.51. The summed E-state index contributed by atoms with van der Waals surface area (Å²) in [5, 5.41) is 0. The van der Waals surface area contributed by atoms with Crippen molar-refractivity contribution in [1.29, 1.82) is 0 Å². The van der Waals surface area contributed by atoms with Crippen LogP contribution in [0.15, 0.2) is 0 Å². The largest absolute Gasteiger partial charge is 0.366 e. The van der Waals surface area contributed by atoms with E-state index in [2.05, 4.69) is 23.7 Å². The average molecular weight is 266 g/mol. The minimum Gasteiger partial charge on any atom is -0.366 e. The van der Waals surface area contributed by atoms with Crippen LogP contribution >= 0.6 is 23.2 Å². The molecule has 0 bridgehead atoms. The zero-order valence-electron chi connectivity index (χ0n) is 10.4. The van der Waals surface area contributed by atoms with E-state index in [9.17, 15) is 0 Å². The first-order valence-corrected chi connectivity index (χ1v) is 6.58. The lowest BCUT2D eigenvalue weighted by Crippen LogP contribution is -2.29. The third-order valence-electron chi connectivity index (χ3n) is 2.58. The highest BCUT2D eigenvalue weighted by molar-refractivity contribution is 6.18. The first kappa shape index (κ1) is 16.1. The van der Waals surface area contributed by atoms with Crippen molar-refractivity contribution in [2.24, 2.45) is 0 Å². The molecule has 4 heteroatoms. The van der Waals surface area contributed by atoms with Crippen LogP contribution in [0.1, 0.15) is 20.3 Å². The molecule has 0 rings (SSSR count). The Balaban J connectivity index is 4.21. The van der Waals surface area contributed by atoms with Crippen molar-refractivity contribution >= 4 is 23.2 Å². The van der Waals surface area contributed by atoms with Crippen LogP contribution < -0.4 is 0 Å². The number of alkyl halides is 2. The summed E-state index contributed by atoms with van der Waals surface area (Å²) in [7, 11) is 1.69. The summed E-state index contributed by atoms with van der Waals surface area (Å²) >= 11 is 11.4. The maximum absolute atomic E-state index is 5.70. The van der Waals surface area contributed by atoms with Gasteiger partial charge >= 0.3 is 0 Å². The van der Waals surface area contributed by atoms with Gasteiger partial charge in [-0.2, -0.15) is 0 Å². The van der Waals surface area contributed by atoms with E-state index < -0.39 is 0 Å². The summed E-state index contributed by atoms with van der Waals surface area (Å²) in [6.07, 6.45) is 0.877. The summed E-state index contributed by atoms with van der Waals surface area (Å²) < 4.78 is 5.34. The molecule has 0 fully saturated rings. The van der Waals surface area contributed by atoms with E-state index in [1.54, 1.807) is 7.11 Å². The van der Waals surface area contributed by atoms with E-state index in [-0.39, 0.29) is 5.60 Å². The van der Waals surface area contributed by atoms with Crippen molar-refractivity contribution < 1.29 is 4.74 Å². The van der Waals surface area contributed by atoms with Crippen molar-refractivity contribution in [2.45, 2.75) is 25.9 Å². The van der Waals surface area contributed by atoms with Gasteiger partial charge in [0.1, 0.15) is 5.60 Å². The Labute approximate surface area is 109 Å². The van der Waals surface area contributed by atoms with Gasteiger partial charge in [-0.15, -0.1) is 23.2 Å². The highest BCUT2D eigenvalue weighted by Crippen LogP contribution is 2.11. The molecular weight excluding hydrogens is 245 g/mol. The fraction of sp³-hybridized carbons (Fsp3) is 0.833. The van der Waals surface area contributed by atoms with Gasteiger partial charge in [-0.05, 0) is 13.3 Å². The molecule has 0 aromatic carbocycles. The summed E-state index contributed by atoms with van der Waals surface area (Å²) in [4.78, 5) is 2.14. The lowest BCUT2D eigenvalue weighted by Gasteiger charge is -2.20. The quantitative estimate of drug-likeness (QED) is 0.518. The van der Waals surface area contributed by atoms with Crippen LogP contribution in [-0.4, -0.2) is 49.0 Å². The van der Waals surface area contributed by atoms with Gasteiger partial charge in [-0.3, -0.25) is 4.90 Å². The Morgan fingerprint density at radius 1 is 1.25 bits per heavy atom. The number of hydrogen-bond donors (Lipinski definition) is 0. The van der Waals surface area contributed by atoms with Crippen LogP contribution in [0.3, 0.4) is 0 Å². The van der Waals surface area contributed by atoms with Crippen molar-refractivity contribution in [3.05, 3.63) is 0 Å². The second-order valence-corrected chi connectivity index (χ2v) is 4.50. The van der Waals surface area contributed by atoms with Crippen molar-refractivity contribution in [3.8, 4) is 11.8 Å². The summed E-state index contributed by atoms with van der Waals surface area (Å²) in [6.45, 7) is 6.39. The second-order valence-electron chi connectivity index (χ2n) is 3.74. The maximum Gasteiger partial charge on any atom is 0.125 e. The molecule has 94 valence electrons. The molecule has 0 spiro atoms. The SMILES string of the molecule is CCC(C)(C#CCN(CCCl)CCCl)OC. The molecule has 0 amide bonds. The zero-order valence-corrected chi connectivity index (χ0v) is 11.9. The summed E-state index contributed by atoms with van der Waals surface area (Å²) in [5.41, 5.74) is -0.340. The number of halogens is 2. The molecule has 0 saturated heterocycles. The van der Waals surface area contributed by atoms with Gasteiger partial charge in [0.05, 0.1) is 6.54 Å². The Morgan fingerprint density at radius 2 is 1.81 bits per heavy atom. The highest BCUT2D eigenvalue weighted by Gasteiger charge is 2.16.